The number of ether oxygens (including phenoxy) is 1. The first-order chi connectivity index (χ1) is 9.08. The number of rotatable bonds is 6. The fourth-order valence-corrected chi connectivity index (χ4v) is 1.76. The van der Waals surface area contributed by atoms with Crippen molar-refractivity contribution in [3.05, 3.63) is 34.9 Å². The van der Waals surface area contributed by atoms with Crippen molar-refractivity contribution in [2.75, 3.05) is 19.7 Å². The van der Waals surface area contributed by atoms with Gasteiger partial charge in [0.25, 0.3) is 5.91 Å². The Morgan fingerprint density at radius 3 is 2.37 bits per heavy atom. The van der Waals surface area contributed by atoms with Crippen molar-refractivity contribution in [1.82, 2.24) is 4.90 Å². The lowest BCUT2D eigenvalue weighted by Crippen LogP contribution is -2.33. The summed E-state index contributed by atoms with van der Waals surface area (Å²) in [5.74, 6) is -0.395. The van der Waals surface area contributed by atoms with Gasteiger partial charge in [-0.1, -0.05) is 11.6 Å². The summed E-state index contributed by atoms with van der Waals surface area (Å²) in [7, 11) is 0. The lowest BCUT2D eigenvalue weighted by Gasteiger charge is -2.20. The summed E-state index contributed by atoms with van der Waals surface area (Å²) in [6.45, 7) is 4.89. The number of halogens is 1. The molecule has 19 heavy (non-hydrogen) atoms. The predicted molar refractivity (Wildman–Crippen MR) is 74.3 cm³/mol. The molecule has 0 saturated carbocycles. The molecule has 1 aromatic carbocycles. The summed E-state index contributed by atoms with van der Waals surface area (Å²) in [5.41, 5.74) is 0.565. The molecule has 0 aromatic heterocycles. The highest BCUT2D eigenvalue weighted by Crippen LogP contribution is 2.12. The van der Waals surface area contributed by atoms with Crippen molar-refractivity contribution in [2.24, 2.45) is 0 Å². The monoisotopic (exact) mass is 283 g/mol. The Bertz CT molecular complexity index is 431. The van der Waals surface area contributed by atoms with Crippen LogP contribution in [0.1, 0.15) is 30.6 Å². The summed E-state index contributed by atoms with van der Waals surface area (Å²) >= 11 is 5.78. The first-order valence-corrected chi connectivity index (χ1v) is 6.66. The van der Waals surface area contributed by atoms with Gasteiger partial charge in [0.1, 0.15) is 0 Å². The summed E-state index contributed by atoms with van der Waals surface area (Å²) in [5, 5.41) is 0.589. The fourth-order valence-electron chi connectivity index (χ4n) is 1.64. The largest absolute Gasteiger partial charge is 0.466 e. The highest BCUT2D eigenvalue weighted by atomic mass is 35.5. The normalized spacial score (nSPS) is 10.1. The zero-order valence-electron chi connectivity index (χ0n) is 11.2. The van der Waals surface area contributed by atoms with Gasteiger partial charge >= 0.3 is 5.97 Å². The lowest BCUT2D eigenvalue weighted by molar-refractivity contribution is -0.143. The number of amides is 1. The molecule has 4 nitrogen and oxygen atoms in total. The van der Waals surface area contributed by atoms with Crippen molar-refractivity contribution in [2.45, 2.75) is 20.3 Å². The lowest BCUT2D eigenvalue weighted by atomic mass is 10.2. The molecule has 0 heterocycles. The average molecular weight is 284 g/mol. The van der Waals surface area contributed by atoms with Crippen LogP contribution in [-0.2, 0) is 9.53 Å². The molecule has 0 fully saturated rings. The van der Waals surface area contributed by atoms with E-state index in [1.807, 2.05) is 6.92 Å². The van der Waals surface area contributed by atoms with E-state index >= 15 is 0 Å². The van der Waals surface area contributed by atoms with Gasteiger partial charge in [-0.3, -0.25) is 9.59 Å². The van der Waals surface area contributed by atoms with Crippen molar-refractivity contribution in [1.29, 1.82) is 0 Å². The zero-order valence-corrected chi connectivity index (χ0v) is 11.9. The number of carbonyl (C=O) groups excluding carboxylic acids is 2. The molecule has 0 unspecified atom stereocenters. The Labute approximate surface area is 118 Å². The van der Waals surface area contributed by atoms with Crippen LogP contribution < -0.4 is 0 Å². The third kappa shape index (κ3) is 4.91. The predicted octanol–water partition coefficient (Wildman–Crippen LogP) is 2.76. The van der Waals surface area contributed by atoms with Crippen LogP contribution in [0.5, 0.6) is 0 Å². The molecule has 0 spiro atoms. The van der Waals surface area contributed by atoms with Crippen LogP contribution in [0.4, 0.5) is 0 Å². The summed E-state index contributed by atoms with van der Waals surface area (Å²) < 4.78 is 4.84. The number of hydrogen-bond acceptors (Lipinski definition) is 3. The molecular weight excluding hydrogens is 266 g/mol. The second-order valence-electron chi connectivity index (χ2n) is 3.95. The Kier molecular flexibility index (Phi) is 6.36. The van der Waals surface area contributed by atoms with Gasteiger partial charge in [-0.15, -0.1) is 0 Å². The van der Waals surface area contributed by atoms with E-state index < -0.39 is 0 Å². The van der Waals surface area contributed by atoms with Crippen LogP contribution >= 0.6 is 11.6 Å². The zero-order chi connectivity index (χ0) is 14.3. The van der Waals surface area contributed by atoms with E-state index in [2.05, 4.69) is 0 Å². The standard InChI is InChI=1S/C14H18ClNO3/c1-3-16(10-9-13(17)19-4-2)14(18)11-5-7-12(15)8-6-11/h5-8H,3-4,9-10H2,1-2H3. The number of esters is 1. The highest BCUT2D eigenvalue weighted by Gasteiger charge is 2.15. The number of benzene rings is 1. The summed E-state index contributed by atoms with van der Waals surface area (Å²) in [6, 6.07) is 6.71. The van der Waals surface area contributed by atoms with Crippen LogP contribution in [0.25, 0.3) is 0 Å². The smallest absolute Gasteiger partial charge is 0.307 e. The van der Waals surface area contributed by atoms with E-state index in [9.17, 15) is 9.59 Å². The van der Waals surface area contributed by atoms with Gasteiger partial charge in [0.2, 0.25) is 0 Å². The van der Waals surface area contributed by atoms with Gasteiger partial charge in [-0.2, -0.15) is 0 Å². The van der Waals surface area contributed by atoms with Gasteiger partial charge in [-0.05, 0) is 38.1 Å². The molecule has 0 aliphatic rings. The maximum atomic E-state index is 12.2. The van der Waals surface area contributed by atoms with Gasteiger partial charge in [0, 0.05) is 23.7 Å². The van der Waals surface area contributed by atoms with E-state index in [4.69, 9.17) is 16.3 Å². The molecule has 0 atom stereocenters. The van der Waals surface area contributed by atoms with Crippen molar-refractivity contribution in [3.8, 4) is 0 Å². The van der Waals surface area contributed by atoms with E-state index in [1.165, 1.54) is 0 Å². The third-order valence-corrected chi connectivity index (χ3v) is 2.90. The van der Waals surface area contributed by atoms with Crippen molar-refractivity contribution < 1.29 is 14.3 Å². The maximum absolute atomic E-state index is 12.2. The van der Waals surface area contributed by atoms with E-state index in [0.29, 0.717) is 30.3 Å². The molecule has 0 radical (unpaired) electrons. The average Bonchev–Trinajstić information content (AvgIpc) is 2.40. The summed E-state index contributed by atoms with van der Waals surface area (Å²) in [6.07, 6.45) is 0.209. The van der Waals surface area contributed by atoms with Crippen LogP contribution in [0.15, 0.2) is 24.3 Å². The molecular formula is C14H18ClNO3. The molecule has 0 bridgehead atoms. The van der Waals surface area contributed by atoms with Gasteiger partial charge in [0.15, 0.2) is 0 Å². The molecule has 0 N–H and O–H groups in total. The number of hydrogen-bond donors (Lipinski definition) is 0. The third-order valence-electron chi connectivity index (χ3n) is 2.65. The molecule has 0 saturated heterocycles. The quantitative estimate of drug-likeness (QED) is 0.754. The van der Waals surface area contributed by atoms with Gasteiger partial charge in [-0.25, -0.2) is 0 Å². The van der Waals surface area contributed by atoms with E-state index in [-0.39, 0.29) is 18.3 Å². The second kappa shape index (κ2) is 7.79. The van der Waals surface area contributed by atoms with E-state index in [0.717, 1.165) is 0 Å². The molecule has 1 amide bonds. The Hall–Kier alpha value is -1.55. The molecule has 0 aliphatic heterocycles. The SMILES string of the molecule is CCOC(=O)CCN(CC)C(=O)c1ccc(Cl)cc1. The fraction of sp³-hybridized carbons (Fsp3) is 0.429. The Morgan fingerprint density at radius 2 is 1.84 bits per heavy atom. The van der Waals surface area contributed by atoms with Gasteiger partial charge < -0.3 is 9.64 Å². The van der Waals surface area contributed by atoms with Crippen molar-refractivity contribution in [3.63, 3.8) is 0 Å². The van der Waals surface area contributed by atoms with E-state index in [1.54, 1.807) is 36.1 Å². The first-order valence-electron chi connectivity index (χ1n) is 6.29. The minimum Gasteiger partial charge on any atom is -0.466 e. The molecule has 0 aliphatic carbocycles. The first kappa shape index (κ1) is 15.5. The van der Waals surface area contributed by atoms with Crippen LogP contribution in [0.3, 0.4) is 0 Å². The summed E-state index contributed by atoms with van der Waals surface area (Å²) in [4.78, 5) is 25.1. The molecule has 5 heteroatoms. The Balaban J connectivity index is 2.61. The van der Waals surface area contributed by atoms with Crippen molar-refractivity contribution >= 4 is 23.5 Å². The Morgan fingerprint density at radius 1 is 1.21 bits per heavy atom. The second-order valence-corrected chi connectivity index (χ2v) is 4.38. The van der Waals surface area contributed by atoms with Crippen LogP contribution in [0, 0.1) is 0 Å². The molecule has 104 valence electrons. The van der Waals surface area contributed by atoms with Gasteiger partial charge in [0.05, 0.1) is 13.0 Å². The molecule has 1 aromatic rings. The minimum atomic E-state index is -0.287. The number of nitrogens with zero attached hydrogens (tertiary/aromatic N) is 1. The van der Waals surface area contributed by atoms with Crippen LogP contribution in [-0.4, -0.2) is 36.5 Å². The highest BCUT2D eigenvalue weighted by molar-refractivity contribution is 6.30. The molecule has 1 rings (SSSR count). The van der Waals surface area contributed by atoms with Crippen LogP contribution in [0.2, 0.25) is 5.02 Å². The maximum Gasteiger partial charge on any atom is 0.307 e. The number of carbonyl (C=O) groups is 2. The topological polar surface area (TPSA) is 46.6 Å². The minimum absolute atomic E-state index is 0.108.